The first-order valence-electron chi connectivity index (χ1n) is 1.76. The van der Waals surface area contributed by atoms with Crippen LogP contribution in [0.25, 0.3) is 0 Å². The lowest BCUT2D eigenvalue weighted by Gasteiger charge is -2.02. The van der Waals surface area contributed by atoms with Crippen LogP contribution >= 0.6 is 0 Å². The summed E-state index contributed by atoms with van der Waals surface area (Å²) >= 11 is 0. The molecule has 0 aliphatic carbocycles. The van der Waals surface area contributed by atoms with Crippen molar-refractivity contribution in [1.29, 1.82) is 5.26 Å². The topological polar surface area (TPSA) is 49.8 Å². The van der Waals surface area contributed by atoms with Gasteiger partial charge in [-0.25, -0.2) is 0 Å². The molecule has 2 N–H and O–H groups in total. The molecule has 0 radical (unpaired) electrons. The summed E-state index contributed by atoms with van der Waals surface area (Å²) < 4.78 is 0. The minimum absolute atomic E-state index is 0.653. The van der Waals surface area contributed by atoms with Crippen molar-refractivity contribution in [2.24, 2.45) is 5.73 Å². The number of rotatable bonds is 0. The van der Waals surface area contributed by atoms with Crippen molar-refractivity contribution in [1.82, 2.24) is 0 Å². The maximum absolute atomic E-state index is 8.03. The van der Waals surface area contributed by atoms with Crippen molar-refractivity contribution in [3.8, 4) is 6.07 Å². The quantitative estimate of drug-likeness (QED) is 0.456. The Labute approximate surface area is 37.6 Å². The van der Waals surface area contributed by atoms with Gasteiger partial charge in [0.05, 0.1) is 11.6 Å². The maximum Gasteiger partial charge on any atom is 0.0981 e. The van der Waals surface area contributed by atoms with E-state index in [1.54, 1.807) is 13.8 Å². The van der Waals surface area contributed by atoms with Gasteiger partial charge in [0, 0.05) is 0 Å². The highest BCUT2D eigenvalue weighted by molar-refractivity contribution is 4.96. The van der Waals surface area contributed by atoms with Gasteiger partial charge in [-0.3, -0.25) is 0 Å². The highest BCUT2D eigenvalue weighted by atomic mass is 14.5. The highest BCUT2D eigenvalue weighted by Gasteiger charge is 2.04. The van der Waals surface area contributed by atoms with Crippen LogP contribution in [-0.4, -0.2) is 5.54 Å². The lowest BCUT2D eigenvalue weighted by atomic mass is 9.55. The third-order valence-corrected chi connectivity index (χ3v) is 0.288. The molecular formula is C4H8N2. The third-order valence-electron chi connectivity index (χ3n) is 0.288. The Hall–Kier alpha value is -0.550. The van der Waals surface area contributed by atoms with Crippen LogP contribution in [0.1, 0.15) is 13.8 Å². The molecule has 0 aliphatic rings. The fraction of sp³-hybridized carbons (Fsp3) is 0.750. The molecule has 0 amide bonds. The molecule has 6 heavy (non-hydrogen) atoms. The SMILES string of the molecule is C[11C](C)(N)C#N. The van der Waals surface area contributed by atoms with Crippen molar-refractivity contribution < 1.29 is 0 Å². The minimum Gasteiger partial charge on any atom is -0.314 e. The molecule has 2 heteroatoms. The molecule has 0 saturated carbocycles. The Kier molecular flexibility index (Phi) is 1.16. The van der Waals surface area contributed by atoms with Crippen molar-refractivity contribution in [2.45, 2.75) is 19.4 Å². The van der Waals surface area contributed by atoms with E-state index in [1.807, 2.05) is 6.07 Å². The van der Waals surface area contributed by atoms with Crippen LogP contribution in [0.5, 0.6) is 0 Å². The van der Waals surface area contributed by atoms with Gasteiger partial charge in [-0.15, -0.1) is 0 Å². The second-order valence-electron chi connectivity index (χ2n) is 1.83. The number of nitriles is 1. The van der Waals surface area contributed by atoms with Crippen molar-refractivity contribution in [3.63, 3.8) is 0 Å². The Bertz CT molecular complexity index is 72.5. The molecule has 0 saturated heterocycles. The van der Waals surface area contributed by atoms with E-state index in [1.165, 1.54) is 0 Å². The Balaban J connectivity index is 3.55. The van der Waals surface area contributed by atoms with Gasteiger partial charge in [-0.1, -0.05) is 0 Å². The van der Waals surface area contributed by atoms with Gasteiger partial charge in [-0.2, -0.15) is 5.26 Å². The molecule has 2 nitrogen and oxygen atoms in total. The van der Waals surface area contributed by atoms with Crippen LogP contribution < -0.4 is 5.73 Å². The molecular weight excluding hydrogens is 75.1 g/mol. The second kappa shape index (κ2) is 1.27. The van der Waals surface area contributed by atoms with Gasteiger partial charge in [0.2, 0.25) is 0 Å². The van der Waals surface area contributed by atoms with Gasteiger partial charge in [0.25, 0.3) is 0 Å². The zero-order valence-corrected chi connectivity index (χ0v) is 4.02. The Morgan fingerprint density at radius 2 is 1.83 bits per heavy atom. The maximum atomic E-state index is 8.03. The average Bonchev–Trinajstić information content (AvgIpc) is 1.35. The first-order chi connectivity index (χ1) is 2.56. The fourth-order valence-electron chi connectivity index (χ4n) is 0. The predicted molar refractivity (Wildman–Crippen MR) is 23.9 cm³/mol. The zero-order valence-electron chi connectivity index (χ0n) is 4.02. The lowest BCUT2D eigenvalue weighted by molar-refractivity contribution is 0.670. The van der Waals surface area contributed by atoms with E-state index in [0.29, 0.717) is 0 Å². The van der Waals surface area contributed by atoms with E-state index in [0.717, 1.165) is 0 Å². The fourth-order valence-corrected chi connectivity index (χ4v) is 0. The Morgan fingerprint density at radius 1 is 1.67 bits per heavy atom. The normalized spacial score (nSPS) is 10.3. The zero-order chi connectivity index (χ0) is 5.21. The van der Waals surface area contributed by atoms with Crippen molar-refractivity contribution >= 4 is 0 Å². The molecule has 0 aromatic heterocycles. The monoisotopic (exact) mass is 83.1 g/mol. The molecule has 0 atom stereocenters. The van der Waals surface area contributed by atoms with Gasteiger partial charge >= 0.3 is 0 Å². The molecule has 0 aromatic rings. The van der Waals surface area contributed by atoms with E-state index in [9.17, 15) is 0 Å². The molecule has 34 valence electrons. The van der Waals surface area contributed by atoms with Gasteiger partial charge in [0.1, 0.15) is 0 Å². The summed E-state index contributed by atoms with van der Waals surface area (Å²) in [4.78, 5) is 0. The van der Waals surface area contributed by atoms with Crippen LogP contribution in [-0.2, 0) is 0 Å². The van der Waals surface area contributed by atoms with Crippen LogP contribution in [0.3, 0.4) is 0 Å². The summed E-state index contributed by atoms with van der Waals surface area (Å²) in [6, 6.07) is 1.88. The molecule has 0 spiro atoms. The summed E-state index contributed by atoms with van der Waals surface area (Å²) in [6.45, 7) is 3.32. The van der Waals surface area contributed by atoms with Gasteiger partial charge < -0.3 is 5.73 Å². The largest absolute Gasteiger partial charge is 0.314 e. The summed E-state index contributed by atoms with van der Waals surface area (Å²) in [7, 11) is 0. The number of hydrogen-bond acceptors (Lipinski definition) is 2. The summed E-state index contributed by atoms with van der Waals surface area (Å²) in [6.07, 6.45) is 0. The highest BCUT2D eigenvalue weighted by Crippen LogP contribution is 1.88. The first-order valence-corrected chi connectivity index (χ1v) is 1.76. The summed E-state index contributed by atoms with van der Waals surface area (Å²) in [5.74, 6) is 0. The van der Waals surface area contributed by atoms with E-state index < -0.39 is 5.54 Å². The van der Waals surface area contributed by atoms with Crippen molar-refractivity contribution in [3.05, 3.63) is 0 Å². The second-order valence-corrected chi connectivity index (χ2v) is 1.83. The Morgan fingerprint density at radius 3 is 1.83 bits per heavy atom. The van der Waals surface area contributed by atoms with Crippen LogP contribution in [0.2, 0.25) is 0 Å². The number of hydrogen-bond donors (Lipinski definition) is 1. The van der Waals surface area contributed by atoms with E-state index in [4.69, 9.17) is 11.0 Å². The number of nitrogens with two attached hydrogens (primary N) is 1. The molecule has 0 bridgehead atoms. The third kappa shape index (κ3) is 3.45. The lowest BCUT2D eigenvalue weighted by Crippen LogP contribution is -2.28. The predicted octanol–water partition coefficient (Wildman–Crippen LogP) is 0.247. The van der Waals surface area contributed by atoms with Gasteiger partial charge in [0.15, 0.2) is 0 Å². The first kappa shape index (κ1) is 5.45. The van der Waals surface area contributed by atoms with Crippen molar-refractivity contribution in [2.75, 3.05) is 0 Å². The number of nitrogens with zero attached hydrogens (tertiary/aromatic N) is 1. The molecule has 0 rings (SSSR count). The molecule has 0 aromatic carbocycles. The van der Waals surface area contributed by atoms with E-state index >= 15 is 0 Å². The molecule has 0 fully saturated rings. The van der Waals surface area contributed by atoms with Gasteiger partial charge in [-0.05, 0) is 13.8 Å². The van der Waals surface area contributed by atoms with Crippen LogP contribution in [0.15, 0.2) is 0 Å². The standard InChI is InChI=1S/C4H8N2/c1-4(2,6)3-5/h6H2,1-2H3/i4-1. The smallest absolute Gasteiger partial charge is 0.0981 e. The molecule has 0 heterocycles. The molecule has 0 unspecified atom stereocenters. The average molecular weight is 83.1 g/mol. The summed E-state index contributed by atoms with van der Waals surface area (Å²) in [5, 5.41) is 8.03. The van der Waals surface area contributed by atoms with Crippen LogP contribution in [0.4, 0.5) is 0 Å². The molecule has 0 aliphatic heterocycles. The van der Waals surface area contributed by atoms with E-state index in [2.05, 4.69) is 0 Å². The minimum atomic E-state index is -0.653. The van der Waals surface area contributed by atoms with E-state index in [-0.39, 0.29) is 0 Å². The van der Waals surface area contributed by atoms with Crippen LogP contribution in [0, 0.1) is 11.3 Å². The summed E-state index contributed by atoms with van der Waals surface area (Å²) in [5.41, 5.74) is 4.52.